The fraction of sp³-hybridized carbons (Fsp3) is 0.229. The molecule has 2 heterocycles. The lowest BCUT2D eigenvalue weighted by Crippen LogP contribution is -2.56. The number of benzene rings is 3. The molecule has 8 nitrogen and oxygen atoms in total. The molecule has 0 bridgehead atoms. The molecule has 0 saturated heterocycles. The number of hydrogen-bond acceptors (Lipinski definition) is 5. The third-order valence-electron chi connectivity index (χ3n) is 7.78. The van der Waals surface area contributed by atoms with Gasteiger partial charge in [-0.05, 0) is 59.5 Å². The first-order chi connectivity index (χ1) is 21.3. The van der Waals surface area contributed by atoms with E-state index in [0.717, 1.165) is 22.3 Å². The molecule has 3 aromatic carbocycles. The molecule has 0 fully saturated rings. The normalized spacial score (nSPS) is 14.7. The molecule has 0 spiro atoms. The van der Waals surface area contributed by atoms with Gasteiger partial charge in [0.1, 0.15) is 12.1 Å². The zero-order valence-electron chi connectivity index (χ0n) is 24.3. The monoisotopic (exact) mass is 608 g/mol. The number of carbonyl (C=O) groups excluding carboxylic acids is 4. The average molecular weight is 609 g/mol. The molecule has 0 unspecified atom stereocenters. The quantitative estimate of drug-likeness (QED) is 0.237. The lowest BCUT2D eigenvalue weighted by Gasteiger charge is -2.37. The maximum Gasteiger partial charge on any atom is 0.247 e. The Morgan fingerprint density at radius 1 is 0.909 bits per heavy atom. The van der Waals surface area contributed by atoms with E-state index in [9.17, 15) is 19.2 Å². The number of Topliss-reactive ketones (excluding diaryl/α,β-unsaturated/α-hetero) is 1. The third-order valence-corrected chi connectivity index (χ3v) is 8.20. The molecule has 44 heavy (non-hydrogen) atoms. The van der Waals surface area contributed by atoms with Gasteiger partial charge in [0, 0.05) is 60.9 Å². The Labute approximate surface area is 261 Å². The molecule has 224 valence electrons. The number of ketones is 1. The van der Waals surface area contributed by atoms with Gasteiger partial charge in [-0.15, -0.1) is 0 Å². The number of aryl methyl sites for hydroxylation is 1. The van der Waals surface area contributed by atoms with E-state index < -0.39 is 23.9 Å². The van der Waals surface area contributed by atoms with Gasteiger partial charge in [0.15, 0.2) is 5.78 Å². The molecule has 2 atom stereocenters. The Hall–Kier alpha value is -4.82. The first-order valence-electron chi connectivity index (χ1n) is 14.5. The summed E-state index contributed by atoms with van der Waals surface area (Å²) in [5.74, 6) is -1.28. The van der Waals surface area contributed by atoms with Gasteiger partial charge in [0.05, 0.1) is 0 Å². The Bertz CT molecular complexity index is 1660. The van der Waals surface area contributed by atoms with Crippen LogP contribution in [0.3, 0.4) is 0 Å². The molecule has 9 heteroatoms. The smallest absolute Gasteiger partial charge is 0.247 e. The van der Waals surface area contributed by atoms with E-state index in [2.05, 4.69) is 15.6 Å². The third kappa shape index (κ3) is 7.57. The van der Waals surface area contributed by atoms with Gasteiger partial charge in [0.2, 0.25) is 17.7 Å². The number of fused-ring (bicyclic) bond motifs is 1. The van der Waals surface area contributed by atoms with Crippen molar-refractivity contribution in [3.05, 3.63) is 130 Å². The summed E-state index contributed by atoms with van der Waals surface area (Å²) in [5.41, 5.74) is 4.62. The molecule has 0 radical (unpaired) electrons. The van der Waals surface area contributed by atoms with E-state index in [0.29, 0.717) is 22.7 Å². The predicted molar refractivity (Wildman–Crippen MR) is 169 cm³/mol. The highest BCUT2D eigenvalue weighted by atomic mass is 35.5. The number of aromatic nitrogens is 1. The molecule has 1 aliphatic rings. The lowest BCUT2D eigenvalue weighted by molar-refractivity contribution is -0.142. The number of pyridine rings is 1. The summed E-state index contributed by atoms with van der Waals surface area (Å²) in [4.78, 5) is 59.4. The second-order valence-corrected chi connectivity index (χ2v) is 11.3. The summed E-state index contributed by atoms with van der Waals surface area (Å²) in [5, 5.41) is 6.40. The van der Waals surface area contributed by atoms with E-state index in [1.54, 1.807) is 67.0 Å². The van der Waals surface area contributed by atoms with Crippen LogP contribution in [0.4, 0.5) is 5.69 Å². The van der Waals surface area contributed by atoms with Crippen molar-refractivity contribution < 1.29 is 19.2 Å². The molecule has 1 aromatic heterocycles. The summed E-state index contributed by atoms with van der Waals surface area (Å²) in [6.07, 6.45) is 3.77. The molecule has 3 amide bonds. The molecule has 4 aromatic rings. The Balaban J connectivity index is 1.36. The molecule has 0 aliphatic carbocycles. The van der Waals surface area contributed by atoms with Crippen molar-refractivity contribution in [3.8, 4) is 0 Å². The first-order valence-corrected chi connectivity index (χ1v) is 14.9. The molecule has 5 rings (SSSR count). The van der Waals surface area contributed by atoms with Crippen LogP contribution < -0.4 is 10.6 Å². The molecule has 1 aliphatic heterocycles. The van der Waals surface area contributed by atoms with E-state index >= 15 is 0 Å². The largest absolute Gasteiger partial charge is 0.342 e. The van der Waals surface area contributed by atoms with Crippen molar-refractivity contribution >= 4 is 40.8 Å². The van der Waals surface area contributed by atoms with Crippen LogP contribution in [-0.2, 0) is 33.8 Å². The van der Waals surface area contributed by atoms with Gasteiger partial charge >= 0.3 is 0 Å². The van der Waals surface area contributed by atoms with Crippen LogP contribution >= 0.6 is 11.6 Å². The summed E-state index contributed by atoms with van der Waals surface area (Å²) in [6, 6.07) is 23.5. The number of nitrogens with zero attached hydrogens (tertiary/aromatic N) is 2. The van der Waals surface area contributed by atoms with Crippen molar-refractivity contribution in [1.82, 2.24) is 15.2 Å². The molecule has 0 saturated carbocycles. The first kappa shape index (κ1) is 30.6. The zero-order chi connectivity index (χ0) is 31.1. The summed E-state index contributed by atoms with van der Waals surface area (Å²) < 4.78 is 0. The minimum Gasteiger partial charge on any atom is -0.342 e. The standard InChI is InChI=1S/C35H33ClN4O4/c1-23-19-28(11-12-29(23)36)38-34(43)30(20-24-15-17-37-18-16-24)39-35(44)31-21-26-9-5-6-10-27(26)22-40(31)33(42)14-13-32(41)25-7-3-2-4-8-25/h2-12,15-19,30-31H,13-14,20-22H2,1H3,(H,38,43)(H,39,44)/t30-,31-/m0/s1. The molecular weight excluding hydrogens is 576 g/mol. The topological polar surface area (TPSA) is 108 Å². The van der Waals surface area contributed by atoms with Crippen molar-refractivity contribution in [2.75, 3.05) is 5.32 Å². The van der Waals surface area contributed by atoms with Crippen LogP contribution in [0.25, 0.3) is 0 Å². The second kappa shape index (κ2) is 14.1. The van der Waals surface area contributed by atoms with E-state index in [1.165, 1.54) is 4.90 Å². The fourth-order valence-electron chi connectivity index (χ4n) is 5.34. The highest BCUT2D eigenvalue weighted by Gasteiger charge is 2.36. The number of anilines is 1. The second-order valence-electron chi connectivity index (χ2n) is 10.9. The van der Waals surface area contributed by atoms with E-state index in [1.807, 2.05) is 37.3 Å². The highest BCUT2D eigenvalue weighted by molar-refractivity contribution is 6.31. The summed E-state index contributed by atoms with van der Waals surface area (Å²) >= 11 is 6.16. The van der Waals surface area contributed by atoms with Gasteiger partial charge in [-0.1, -0.05) is 66.2 Å². The Kier molecular flexibility index (Phi) is 9.82. The van der Waals surface area contributed by atoms with Gasteiger partial charge < -0.3 is 15.5 Å². The number of carbonyl (C=O) groups is 4. The number of amides is 3. The van der Waals surface area contributed by atoms with Gasteiger partial charge in [0.25, 0.3) is 0 Å². The summed E-state index contributed by atoms with van der Waals surface area (Å²) in [6.45, 7) is 2.08. The Morgan fingerprint density at radius 3 is 2.34 bits per heavy atom. The van der Waals surface area contributed by atoms with Crippen molar-refractivity contribution in [2.45, 2.75) is 51.2 Å². The van der Waals surface area contributed by atoms with Crippen LogP contribution in [0.5, 0.6) is 0 Å². The predicted octanol–water partition coefficient (Wildman–Crippen LogP) is 5.33. The van der Waals surface area contributed by atoms with Crippen LogP contribution in [0, 0.1) is 6.92 Å². The molecule has 2 N–H and O–H groups in total. The minimum absolute atomic E-state index is 0.0307. The Morgan fingerprint density at radius 2 is 1.61 bits per heavy atom. The number of hydrogen-bond donors (Lipinski definition) is 2. The maximum absolute atomic E-state index is 14.0. The maximum atomic E-state index is 14.0. The van der Waals surface area contributed by atoms with Gasteiger partial charge in [-0.2, -0.15) is 0 Å². The summed E-state index contributed by atoms with van der Waals surface area (Å²) in [7, 11) is 0. The fourth-order valence-corrected chi connectivity index (χ4v) is 5.45. The van der Waals surface area contributed by atoms with Crippen molar-refractivity contribution in [3.63, 3.8) is 0 Å². The SMILES string of the molecule is Cc1cc(NC(=O)[C@H](Cc2ccncc2)NC(=O)[C@@H]2Cc3ccccc3CN2C(=O)CCC(=O)c2ccccc2)ccc1Cl. The van der Waals surface area contributed by atoms with E-state index in [4.69, 9.17) is 11.6 Å². The number of halogens is 1. The lowest BCUT2D eigenvalue weighted by atomic mass is 9.92. The molecular formula is C35H33ClN4O4. The van der Waals surface area contributed by atoms with Gasteiger partial charge in [-0.25, -0.2) is 0 Å². The highest BCUT2D eigenvalue weighted by Crippen LogP contribution is 2.25. The minimum atomic E-state index is -0.935. The van der Waals surface area contributed by atoms with Crippen molar-refractivity contribution in [2.24, 2.45) is 0 Å². The number of rotatable bonds is 10. The van der Waals surface area contributed by atoms with Crippen LogP contribution in [0.2, 0.25) is 5.02 Å². The van der Waals surface area contributed by atoms with E-state index in [-0.39, 0.29) is 37.5 Å². The van der Waals surface area contributed by atoms with Gasteiger partial charge in [-0.3, -0.25) is 24.2 Å². The van der Waals surface area contributed by atoms with Crippen LogP contribution in [-0.4, -0.2) is 45.5 Å². The average Bonchev–Trinajstić information content (AvgIpc) is 3.05. The zero-order valence-corrected chi connectivity index (χ0v) is 25.1. The van der Waals surface area contributed by atoms with Crippen LogP contribution in [0.1, 0.15) is 45.5 Å². The number of nitrogens with one attached hydrogen (secondary N) is 2. The van der Waals surface area contributed by atoms with Crippen LogP contribution in [0.15, 0.2) is 97.3 Å². The van der Waals surface area contributed by atoms with Crippen molar-refractivity contribution in [1.29, 1.82) is 0 Å².